The molecule has 6 nitrogen and oxygen atoms in total. The molecule has 2 heterocycles. The average Bonchev–Trinajstić information content (AvgIpc) is 3.36. The van der Waals surface area contributed by atoms with Crippen LogP contribution < -0.4 is 5.56 Å². The van der Waals surface area contributed by atoms with E-state index in [1.54, 1.807) is 16.7 Å². The highest BCUT2D eigenvalue weighted by Crippen LogP contribution is 2.37. The Balaban J connectivity index is 1.70. The van der Waals surface area contributed by atoms with E-state index in [4.69, 9.17) is 9.15 Å². The summed E-state index contributed by atoms with van der Waals surface area (Å²) in [6.07, 6.45) is 3.44. The van der Waals surface area contributed by atoms with Crippen LogP contribution in [0.3, 0.4) is 0 Å². The average molecular weight is 356 g/mol. The lowest BCUT2D eigenvalue weighted by molar-refractivity contribution is 0.0598. The molecular formula is C18H16N2O4S. The lowest BCUT2D eigenvalue weighted by Gasteiger charge is -2.12. The predicted octanol–water partition coefficient (Wildman–Crippen LogP) is 3.40. The van der Waals surface area contributed by atoms with Crippen LogP contribution in [0.4, 0.5) is 0 Å². The highest BCUT2D eigenvalue weighted by atomic mass is 32.2. The van der Waals surface area contributed by atoms with Gasteiger partial charge in [-0.2, -0.15) is 0 Å². The van der Waals surface area contributed by atoms with E-state index in [1.165, 1.54) is 25.1 Å². The fourth-order valence-corrected chi connectivity index (χ4v) is 3.77. The third-order valence-electron chi connectivity index (χ3n) is 4.17. The topological polar surface area (TPSA) is 74.3 Å². The standard InChI is InChI=1S/C18H16N2O4S/c1-23-17(22)13-8-9-24-15(13)10-25-18-19-14-5-3-2-4-12(14)16(21)20(18)11-6-7-11/h2-5,8-9,11H,6-7,10H2,1H3. The van der Waals surface area contributed by atoms with Gasteiger partial charge in [-0.05, 0) is 31.0 Å². The Morgan fingerprint density at radius 1 is 1.36 bits per heavy atom. The second-order valence-corrected chi connectivity index (χ2v) is 6.80. The van der Waals surface area contributed by atoms with Crippen molar-refractivity contribution in [2.75, 3.05) is 7.11 Å². The molecule has 0 unspecified atom stereocenters. The van der Waals surface area contributed by atoms with Gasteiger partial charge in [0.2, 0.25) is 0 Å². The van der Waals surface area contributed by atoms with E-state index in [0.717, 1.165) is 12.8 Å². The molecular weight excluding hydrogens is 340 g/mol. The van der Waals surface area contributed by atoms with Crippen LogP contribution in [-0.4, -0.2) is 22.6 Å². The summed E-state index contributed by atoms with van der Waals surface area (Å²) >= 11 is 1.39. The molecule has 0 bridgehead atoms. The summed E-state index contributed by atoms with van der Waals surface area (Å²) in [5.74, 6) is 0.478. The molecule has 0 amide bonds. The van der Waals surface area contributed by atoms with Crippen molar-refractivity contribution < 1.29 is 13.9 Å². The Hall–Kier alpha value is -2.54. The monoisotopic (exact) mass is 356 g/mol. The zero-order chi connectivity index (χ0) is 17.4. The summed E-state index contributed by atoms with van der Waals surface area (Å²) in [4.78, 5) is 29.2. The summed E-state index contributed by atoms with van der Waals surface area (Å²) in [6, 6.07) is 9.16. The first-order chi connectivity index (χ1) is 12.2. The van der Waals surface area contributed by atoms with Crippen LogP contribution in [0.2, 0.25) is 0 Å². The first-order valence-corrected chi connectivity index (χ1v) is 8.96. The lowest BCUT2D eigenvalue weighted by atomic mass is 10.2. The van der Waals surface area contributed by atoms with Gasteiger partial charge in [0.1, 0.15) is 11.3 Å². The van der Waals surface area contributed by atoms with Crippen LogP contribution in [0.5, 0.6) is 0 Å². The molecule has 1 aromatic carbocycles. The Kier molecular flexibility index (Phi) is 4.09. The van der Waals surface area contributed by atoms with Crippen LogP contribution in [-0.2, 0) is 10.5 Å². The molecule has 0 N–H and O–H groups in total. The van der Waals surface area contributed by atoms with E-state index in [2.05, 4.69) is 4.98 Å². The number of para-hydroxylation sites is 1. The third-order valence-corrected chi connectivity index (χ3v) is 5.12. The fourth-order valence-electron chi connectivity index (χ4n) is 2.76. The highest BCUT2D eigenvalue weighted by Gasteiger charge is 2.29. The number of fused-ring (bicyclic) bond motifs is 1. The van der Waals surface area contributed by atoms with Gasteiger partial charge in [0.25, 0.3) is 5.56 Å². The number of esters is 1. The SMILES string of the molecule is COC(=O)c1ccoc1CSc1nc2ccccc2c(=O)n1C1CC1. The van der Waals surface area contributed by atoms with Gasteiger partial charge in [-0.1, -0.05) is 23.9 Å². The van der Waals surface area contributed by atoms with Crippen molar-refractivity contribution in [2.45, 2.75) is 29.8 Å². The Morgan fingerprint density at radius 2 is 2.16 bits per heavy atom. The molecule has 1 fully saturated rings. The van der Waals surface area contributed by atoms with Crippen molar-refractivity contribution in [1.82, 2.24) is 9.55 Å². The van der Waals surface area contributed by atoms with Crippen LogP contribution >= 0.6 is 11.8 Å². The number of rotatable bonds is 5. The van der Waals surface area contributed by atoms with Crippen molar-refractivity contribution in [3.05, 3.63) is 58.3 Å². The van der Waals surface area contributed by atoms with E-state index in [0.29, 0.717) is 33.1 Å². The lowest BCUT2D eigenvalue weighted by Crippen LogP contribution is -2.22. The molecule has 2 aromatic heterocycles. The molecule has 0 saturated heterocycles. The number of aromatic nitrogens is 2. The molecule has 1 aliphatic carbocycles. The predicted molar refractivity (Wildman–Crippen MR) is 93.9 cm³/mol. The number of carbonyl (C=O) groups is 1. The molecule has 0 spiro atoms. The number of ether oxygens (including phenoxy) is 1. The van der Waals surface area contributed by atoms with Gasteiger partial charge in [0, 0.05) is 6.04 Å². The zero-order valence-electron chi connectivity index (χ0n) is 13.6. The number of hydrogen-bond donors (Lipinski definition) is 0. The summed E-state index contributed by atoms with van der Waals surface area (Å²) in [5, 5.41) is 1.28. The zero-order valence-corrected chi connectivity index (χ0v) is 14.4. The normalized spacial score (nSPS) is 14.0. The van der Waals surface area contributed by atoms with Crippen LogP contribution in [0.15, 0.2) is 51.0 Å². The van der Waals surface area contributed by atoms with E-state index in [9.17, 15) is 9.59 Å². The number of furan rings is 1. The smallest absolute Gasteiger partial charge is 0.341 e. The number of carbonyl (C=O) groups excluding carboxylic acids is 1. The van der Waals surface area contributed by atoms with E-state index >= 15 is 0 Å². The number of benzene rings is 1. The van der Waals surface area contributed by atoms with E-state index in [1.807, 2.05) is 18.2 Å². The number of nitrogens with zero attached hydrogens (tertiary/aromatic N) is 2. The molecule has 0 radical (unpaired) electrons. The second kappa shape index (κ2) is 6.40. The van der Waals surface area contributed by atoms with Crippen molar-refractivity contribution in [2.24, 2.45) is 0 Å². The van der Waals surface area contributed by atoms with Crippen LogP contribution in [0, 0.1) is 0 Å². The first kappa shape index (κ1) is 16.0. The molecule has 1 aliphatic rings. The second-order valence-electron chi connectivity index (χ2n) is 5.86. The van der Waals surface area contributed by atoms with Gasteiger partial charge in [0.15, 0.2) is 5.16 Å². The van der Waals surface area contributed by atoms with Crippen molar-refractivity contribution in [3.63, 3.8) is 0 Å². The Morgan fingerprint density at radius 3 is 2.92 bits per heavy atom. The molecule has 1 saturated carbocycles. The van der Waals surface area contributed by atoms with Crippen LogP contribution in [0.1, 0.15) is 35.0 Å². The Labute approximate surface area is 147 Å². The number of thioether (sulfide) groups is 1. The number of hydrogen-bond acceptors (Lipinski definition) is 6. The van der Waals surface area contributed by atoms with Gasteiger partial charge in [-0.25, -0.2) is 9.78 Å². The highest BCUT2D eigenvalue weighted by molar-refractivity contribution is 7.98. The van der Waals surface area contributed by atoms with Crippen molar-refractivity contribution >= 4 is 28.6 Å². The molecule has 128 valence electrons. The van der Waals surface area contributed by atoms with E-state index in [-0.39, 0.29) is 11.6 Å². The molecule has 7 heteroatoms. The summed E-state index contributed by atoms with van der Waals surface area (Å²) in [5.41, 5.74) is 1.07. The van der Waals surface area contributed by atoms with Gasteiger partial charge in [0.05, 0.1) is 30.0 Å². The summed E-state index contributed by atoms with van der Waals surface area (Å²) < 4.78 is 11.9. The quantitative estimate of drug-likeness (QED) is 0.396. The minimum atomic E-state index is -0.435. The maximum absolute atomic E-state index is 12.8. The maximum Gasteiger partial charge on any atom is 0.341 e. The molecule has 3 aromatic rings. The fraction of sp³-hybridized carbons (Fsp3) is 0.278. The molecule has 0 aliphatic heterocycles. The van der Waals surface area contributed by atoms with Gasteiger partial charge in [-0.3, -0.25) is 9.36 Å². The number of methoxy groups -OCH3 is 1. The minimum Gasteiger partial charge on any atom is -0.468 e. The summed E-state index contributed by atoms with van der Waals surface area (Å²) in [7, 11) is 1.34. The first-order valence-electron chi connectivity index (χ1n) is 7.98. The molecule has 4 rings (SSSR count). The largest absolute Gasteiger partial charge is 0.468 e. The van der Waals surface area contributed by atoms with Crippen molar-refractivity contribution in [1.29, 1.82) is 0 Å². The maximum atomic E-state index is 12.8. The van der Waals surface area contributed by atoms with E-state index < -0.39 is 5.97 Å². The van der Waals surface area contributed by atoms with Gasteiger partial charge >= 0.3 is 5.97 Å². The van der Waals surface area contributed by atoms with Crippen LogP contribution in [0.25, 0.3) is 10.9 Å². The minimum absolute atomic E-state index is 0.0109. The molecule has 25 heavy (non-hydrogen) atoms. The van der Waals surface area contributed by atoms with Gasteiger partial charge in [-0.15, -0.1) is 0 Å². The Bertz CT molecular complexity index is 1000. The molecule has 0 atom stereocenters. The summed E-state index contributed by atoms with van der Waals surface area (Å²) in [6.45, 7) is 0. The van der Waals surface area contributed by atoms with Crippen molar-refractivity contribution in [3.8, 4) is 0 Å². The van der Waals surface area contributed by atoms with Gasteiger partial charge < -0.3 is 9.15 Å². The third kappa shape index (κ3) is 2.95.